The molecule has 0 aromatic carbocycles. The van der Waals surface area contributed by atoms with Crippen LogP contribution in [-0.2, 0) is 14.3 Å². The molecule has 0 aliphatic heterocycles. The molecule has 0 spiro atoms. The standard InChI is InChI=1S/C30H59NO4/c1-7-8-9-10-11-12-13-14-15-16-17-18-19-20-21-22-23-34-29(32)28(24-26(2)3)31(6)30(33)35-25-27(4)5/h26-28H,7-25H2,1-6H3. The van der Waals surface area contributed by atoms with E-state index in [4.69, 9.17) is 9.47 Å². The second-order valence-corrected chi connectivity index (χ2v) is 11.2. The van der Waals surface area contributed by atoms with Crippen molar-refractivity contribution in [2.45, 2.75) is 150 Å². The largest absolute Gasteiger partial charge is 0.464 e. The van der Waals surface area contributed by atoms with E-state index in [1.165, 1.54) is 94.8 Å². The molecule has 5 nitrogen and oxygen atoms in total. The van der Waals surface area contributed by atoms with Gasteiger partial charge in [0.25, 0.3) is 0 Å². The monoisotopic (exact) mass is 497 g/mol. The Morgan fingerprint density at radius 3 is 1.46 bits per heavy atom. The van der Waals surface area contributed by atoms with Gasteiger partial charge in [-0.2, -0.15) is 0 Å². The van der Waals surface area contributed by atoms with Gasteiger partial charge in [-0.15, -0.1) is 0 Å². The lowest BCUT2D eigenvalue weighted by molar-refractivity contribution is -0.149. The van der Waals surface area contributed by atoms with Gasteiger partial charge < -0.3 is 9.47 Å². The Hall–Kier alpha value is -1.26. The van der Waals surface area contributed by atoms with E-state index < -0.39 is 12.1 Å². The second kappa shape index (κ2) is 23.2. The molecular weight excluding hydrogens is 438 g/mol. The first-order valence-corrected chi connectivity index (χ1v) is 14.9. The van der Waals surface area contributed by atoms with Crippen LogP contribution in [0.1, 0.15) is 144 Å². The maximum Gasteiger partial charge on any atom is 0.410 e. The molecule has 1 amide bonds. The van der Waals surface area contributed by atoms with E-state index in [9.17, 15) is 9.59 Å². The molecule has 0 fully saturated rings. The van der Waals surface area contributed by atoms with Crippen molar-refractivity contribution in [3.05, 3.63) is 0 Å². The molecular formula is C30H59NO4. The van der Waals surface area contributed by atoms with Crippen molar-refractivity contribution in [1.29, 1.82) is 0 Å². The SMILES string of the molecule is CCCCCCCCCCCCCCCCCCOC(=O)C(CC(C)C)N(C)C(=O)OCC(C)C. The van der Waals surface area contributed by atoms with Crippen LogP contribution in [0.5, 0.6) is 0 Å². The summed E-state index contributed by atoms with van der Waals surface area (Å²) in [5.74, 6) is 0.227. The predicted molar refractivity (Wildman–Crippen MR) is 148 cm³/mol. The zero-order chi connectivity index (χ0) is 26.3. The van der Waals surface area contributed by atoms with E-state index in [-0.39, 0.29) is 17.8 Å². The maximum absolute atomic E-state index is 12.7. The molecule has 0 saturated carbocycles. The van der Waals surface area contributed by atoms with Crippen molar-refractivity contribution in [3.63, 3.8) is 0 Å². The number of esters is 1. The van der Waals surface area contributed by atoms with Gasteiger partial charge in [0.1, 0.15) is 6.04 Å². The first kappa shape index (κ1) is 33.7. The van der Waals surface area contributed by atoms with Gasteiger partial charge in [0.2, 0.25) is 0 Å². The topological polar surface area (TPSA) is 55.8 Å². The molecule has 0 aliphatic rings. The molecule has 0 aromatic heterocycles. The van der Waals surface area contributed by atoms with Crippen LogP contribution in [0.15, 0.2) is 0 Å². The summed E-state index contributed by atoms with van der Waals surface area (Å²) in [4.78, 5) is 26.4. The van der Waals surface area contributed by atoms with Gasteiger partial charge in [-0.05, 0) is 24.7 Å². The summed E-state index contributed by atoms with van der Waals surface area (Å²) < 4.78 is 10.8. The minimum atomic E-state index is -0.587. The molecule has 0 rings (SSSR count). The highest BCUT2D eigenvalue weighted by Gasteiger charge is 2.30. The average molecular weight is 498 g/mol. The quantitative estimate of drug-likeness (QED) is 0.104. The van der Waals surface area contributed by atoms with Crippen LogP contribution in [-0.4, -0.2) is 43.3 Å². The van der Waals surface area contributed by atoms with Gasteiger partial charge in [-0.25, -0.2) is 9.59 Å². The first-order chi connectivity index (χ1) is 16.8. The first-order valence-electron chi connectivity index (χ1n) is 14.9. The number of hydrogen-bond acceptors (Lipinski definition) is 4. The lowest BCUT2D eigenvalue weighted by atomic mass is 10.0. The number of nitrogens with zero attached hydrogens (tertiary/aromatic N) is 1. The van der Waals surface area contributed by atoms with Crippen molar-refractivity contribution < 1.29 is 19.1 Å². The number of amides is 1. The Bertz CT molecular complexity index is 507. The number of carbonyl (C=O) groups is 2. The zero-order valence-electron chi connectivity index (χ0n) is 24.2. The molecule has 1 unspecified atom stereocenters. The third-order valence-electron chi connectivity index (χ3n) is 6.50. The molecule has 0 N–H and O–H groups in total. The van der Waals surface area contributed by atoms with E-state index in [0.717, 1.165) is 12.8 Å². The number of ether oxygens (including phenoxy) is 2. The highest BCUT2D eigenvalue weighted by atomic mass is 16.6. The van der Waals surface area contributed by atoms with Crippen molar-refractivity contribution in [2.24, 2.45) is 11.8 Å². The van der Waals surface area contributed by atoms with Crippen LogP contribution in [0.3, 0.4) is 0 Å². The molecule has 208 valence electrons. The highest BCUT2D eigenvalue weighted by molar-refractivity contribution is 5.81. The minimum absolute atomic E-state index is 0.262. The maximum atomic E-state index is 12.7. The van der Waals surface area contributed by atoms with Gasteiger partial charge >= 0.3 is 12.1 Å². The Kier molecular flexibility index (Phi) is 22.3. The van der Waals surface area contributed by atoms with Crippen LogP contribution in [0.2, 0.25) is 0 Å². The molecule has 0 saturated heterocycles. The Morgan fingerprint density at radius 2 is 1.06 bits per heavy atom. The fourth-order valence-corrected chi connectivity index (χ4v) is 4.25. The fraction of sp³-hybridized carbons (Fsp3) is 0.933. The number of rotatable bonds is 23. The summed E-state index contributed by atoms with van der Waals surface area (Å²) in [7, 11) is 1.63. The zero-order valence-corrected chi connectivity index (χ0v) is 24.2. The van der Waals surface area contributed by atoms with E-state index in [2.05, 4.69) is 6.92 Å². The lowest BCUT2D eigenvalue weighted by Crippen LogP contribution is -2.44. The van der Waals surface area contributed by atoms with Crippen molar-refractivity contribution in [2.75, 3.05) is 20.3 Å². The van der Waals surface area contributed by atoms with Crippen LogP contribution in [0.4, 0.5) is 4.79 Å². The van der Waals surface area contributed by atoms with Gasteiger partial charge in [0.15, 0.2) is 0 Å². The average Bonchev–Trinajstić information content (AvgIpc) is 2.82. The Balaban J connectivity index is 3.80. The van der Waals surface area contributed by atoms with Gasteiger partial charge in [-0.3, -0.25) is 4.90 Å². The van der Waals surface area contributed by atoms with Crippen LogP contribution in [0, 0.1) is 11.8 Å². The minimum Gasteiger partial charge on any atom is -0.464 e. The highest BCUT2D eigenvalue weighted by Crippen LogP contribution is 2.16. The Morgan fingerprint density at radius 1 is 0.629 bits per heavy atom. The second-order valence-electron chi connectivity index (χ2n) is 11.2. The number of likely N-dealkylation sites (N-methyl/N-ethyl adjacent to an activating group) is 1. The predicted octanol–water partition coefficient (Wildman–Crippen LogP) is 8.93. The van der Waals surface area contributed by atoms with Crippen LogP contribution < -0.4 is 0 Å². The van der Waals surface area contributed by atoms with Crippen molar-refractivity contribution >= 4 is 12.1 Å². The summed E-state index contributed by atoms with van der Waals surface area (Å²) in [6.45, 7) is 11.1. The molecule has 5 heteroatoms. The molecule has 35 heavy (non-hydrogen) atoms. The Labute approximate surface area is 218 Å². The summed E-state index contributed by atoms with van der Waals surface area (Å²) >= 11 is 0. The van der Waals surface area contributed by atoms with Gasteiger partial charge in [0.05, 0.1) is 13.2 Å². The van der Waals surface area contributed by atoms with Gasteiger partial charge in [-0.1, -0.05) is 131 Å². The van der Waals surface area contributed by atoms with Crippen LogP contribution in [0.25, 0.3) is 0 Å². The molecule has 0 aromatic rings. The third kappa shape index (κ3) is 20.6. The summed E-state index contributed by atoms with van der Waals surface area (Å²) in [6, 6.07) is -0.587. The number of unbranched alkanes of at least 4 members (excludes halogenated alkanes) is 15. The molecule has 0 heterocycles. The number of carbonyl (C=O) groups excluding carboxylic acids is 2. The molecule has 0 bridgehead atoms. The summed E-state index contributed by atoms with van der Waals surface area (Å²) in [5.41, 5.74) is 0. The van der Waals surface area contributed by atoms with Crippen LogP contribution >= 0.6 is 0 Å². The van der Waals surface area contributed by atoms with Crippen molar-refractivity contribution in [1.82, 2.24) is 4.90 Å². The van der Waals surface area contributed by atoms with Crippen molar-refractivity contribution in [3.8, 4) is 0 Å². The van der Waals surface area contributed by atoms with Gasteiger partial charge in [0, 0.05) is 7.05 Å². The normalized spacial score (nSPS) is 12.2. The lowest BCUT2D eigenvalue weighted by Gasteiger charge is -2.27. The summed E-state index contributed by atoms with van der Waals surface area (Å²) in [5, 5.41) is 0. The molecule has 0 aliphatic carbocycles. The fourth-order valence-electron chi connectivity index (χ4n) is 4.25. The molecule has 1 atom stereocenters. The third-order valence-corrected chi connectivity index (χ3v) is 6.50. The summed E-state index contributed by atoms with van der Waals surface area (Å²) in [6.07, 6.45) is 21.2. The molecule has 0 radical (unpaired) electrons. The smallest absolute Gasteiger partial charge is 0.410 e. The van der Waals surface area contributed by atoms with E-state index >= 15 is 0 Å². The van der Waals surface area contributed by atoms with E-state index in [0.29, 0.717) is 19.6 Å². The number of hydrogen-bond donors (Lipinski definition) is 0. The van der Waals surface area contributed by atoms with E-state index in [1.807, 2.05) is 27.7 Å². The van der Waals surface area contributed by atoms with E-state index in [1.54, 1.807) is 7.05 Å².